The summed E-state index contributed by atoms with van der Waals surface area (Å²) < 4.78 is 11.1. The highest BCUT2D eigenvalue weighted by molar-refractivity contribution is 6.46. The molecule has 1 amide bonds. The zero-order valence-corrected chi connectivity index (χ0v) is 22.2. The van der Waals surface area contributed by atoms with Crippen molar-refractivity contribution in [2.24, 2.45) is 0 Å². The summed E-state index contributed by atoms with van der Waals surface area (Å²) in [4.78, 5) is 32.5. The van der Waals surface area contributed by atoms with Crippen LogP contribution in [0.1, 0.15) is 36.1 Å². The third-order valence-electron chi connectivity index (χ3n) is 6.99. The molecule has 2 aromatic rings. The number of likely N-dealkylation sites (tertiary alicyclic amines) is 1. The molecule has 0 radical (unpaired) electrons. The molecule has 2 heterocycles. The number of nitrogens with zero attached hydrogens (tertiary/aromatic N) is 3. The molecular formula is C29H37N3O5. The van der Waals surface area contributed by atoms with E-state index in [4.69, 9.17) is 9.47 Å². The van der Waals surface area contributed by atoms with Gasteiger partial charge in [-0.3, -0.25) is 14.5 Å². The number of aryl methyl sites for hydroxylation is 1. The molecule has 0 aromatic heterocycles. The molecule has 0 bridgehead atoms. The van der Waals surface area contributed by atoms with Gasteiger partial charge in [-0.2, -0.15) is 0 Å². The fourth-order valence-corrected chi connectivity index (χ4v) is 4.97. The first-order valence-corrected chi connectivity index (χ1v) is 12.9. The fourth-order valence-electron chi connectivity index (χ4n) is 4.97. The predicted octanol–water partition coefficient (Wildman–Crippen LogP) is 3.60. The molecule has 0 unspecified atom stereocenters. The summed E-state index contributed by atoms with van der Waals surface area (Å²) in [5.74, 6) is -0.676. The van der Waals surface area contributed by atoms with Crippen molar-refractivity contribution < 1.29 is 24.2 Å². The van der Waals surface area contributed by atoms with Crippen LogP contribution >= 0.6 is 0 Å². The maximum Gasteiger partial charge on any atom is 0.295 e. The van der Waals surface area contributed by atoms with E-state index in [1.165, 1.54) is 0 Å². The first-order valence-electron chi connectivity index (χ1n) is 12.9. The van der Waals surface area contributed by atoms with Crippen molar-refractivity contribution in [2.75, 3.05) is 65.0 Å². The number of ketones is 1. The van der Waals surface area contributed by atoms with Crippen LogP contribution in [0.3, 0.4) is 0 Å². The minimum atomic E-state index is -0.659. The Bertz CT molecular complexity index is 1150. The number of anilines is 1. The second-order valence-corrected chi connectivity index (χ2v) is 9.70. The topological polar surface area (TPSA) is 82.5 Å². The minimum absolute atomic E-state index is 0.123. The molecular weight excluding hydrogens is 470 g/mol. The molecule has 198 valence electrons. The van der Waals surface area contributed by atoms with Crippen LogP contribution in [0.15, 0.2) is 48.0 Å². The summed E-state index contributed by atoms with van der Waals surface area (Å²) in [7, 11) is 3.92. The van der Waals surface area contributed by atoms with E-state index >= 15 is 0 Å². The van der Waals surface area contributed by atoms with Crippen molar-refractivity contribution in [3.8, 4) is 5.75 Å². The second-order valence-electron chi connectivity index (χ2n) is 9.70. The zero-order valence-electron chi connectivity index (χ0n) is 22.2. The van der Waals surface area contributed by atoms with E-state index in [1.54, 1.807) is 23.1 Å². The average Bonchev–Trinajstić information content (AvgIpc) is 3.15. The van der Waals surface area contributed by atoms with E-state index < -0.39 is 17.7 Å². The first kappa shape index (κ1) is 26.7. The van der Waals surface area contributed by atoms with E-state index in [0.717, 1.165) is 48.6 Å². The van der Waals surface area contributed by atoms with Crippen LogP contribution in [0.4, 0.5) is 5.69 Å². The summed E-state index contributed by atoms with van der Waals surface area (Å²) in [6, 6.07) is 12.4. The van der Waals surface area contributed by atoms with Gasteiger partial charge in [0.15, 0.2) is 0 Å². The van der Waals surface area contributed by atoms with Crippen molar-refractivity contribution in [3.05, 3.63) is 64.7 Å². The van der Waals surface area contributed by atoms with Crippen molar-refractivity contribution in [2.45, 2.75) is 26.3 Å². The number of aliphatic hydroxyl groups is 1. The van der Waals surface area contributed by atoms with Gasteiger partial charge in [0.2, 0.25) is 0 Å². The van der Waals surface area contributed by atoms with Crippen LogP contribution in [-0.2, 0) is 14.3 Å². The molecule has 2 aliphatic rings. The molecule has 8 heteroatoms. The molecule has 2 aromatic carbocycles. The highest BCUT2D eigenvalue weighted by Crippen LogP contribution is 2.40. The Balaban J connectivity index is 1.69. The number of carbonyl (C=O) groups is 2. The Hall–Kier alpha value is -3.36. The standard InChI is InChI=1S/C29H37N3O5/c1-5-37-24-12-9-22(19-20(24)2)27(33)25-26(21-7-10-23(11-8-21)30(3)4)32(29(35)28(25)34)14-6-13-31-15-17-36-18-16-31/h7-12,19,26,33H,5-6,13-18H2,1-4H3/t26-/m0/s1. The Morgan fingerprint density at radius 2 is 1.78 bits per heavy atom. The number of hydrogen-bond donors (Lipinski definition) is 1. The molecule has 8 nitrogen and oxygen atoms in total. The van der Waals surface area contributed by atoms with Gasteiger partial charge in [0.1, 0.15) is 11.5 Å². The monoisotopic (exact) mass is 507 g/mol. The summed E-state index contributed by atoms with van der Waals surface area (Å²) >= 11 is 0. The number of hydrogen-bond acceptors (Lipinski definition) is 7. The molecule has 1 atom stereocenters. The quantitative estimate of drug-likeness (QED) is 0.315. The Kier molecular flexibility index (Phi) is 8.51. The van der Waals surface area contributed by atoms with Crippen LogP contribution in [0.5, 0.6) is 5.75 Å². The van der Waals surface area contributed by atoms with E-state index in [0.29, 0.717) is 31.9 Å². The molecule has 0 saturated carbocycles. The van der Waals surface area contributed by atoms with E-state index in [1.807, 2.05) is 57.1 Å². The third kappa shape index (κ3) is 5.81. The first-order chi connectivity index (χ1) is 17.8. The van der Waals surface area contributed by atoms with Crippen LogP contribution in [0.2, 0.25) is 0 Å². The highest BCUT2D eigenvalue weighted by atomic mass is 16.5. The van der Waals surface area contributed by atoms with Crippen LogP contribution in [-0.4, -0.2) is 86.7 Å². The van der Waals surface area contributed by atoms with Gasteiger partial charge in [-0.25, -0.2) is 0 Å². The lowest BCUT2D eigenvalue weighted by Crippen LogP contribution is -2.38. The van der Waals surface area contributed by atoms with Gasteiger partial charge in [-0.1, -0.05) is 12.1 Å². The number of carbonyl (C=O) groups excluding carboxylic acids is 2. The largest absolute Gasteiger partial charge is 0.507 e. The zero-order chi connectivity index (χ0) is 26.5. The van der Waals surface area contributed by atoms with Gasteiger partial charge in [-0.05, 0) is 61.7 Å². The molecule has 2 fully saturated rings. The van der Waals surface area contributed by atoms with Gasteiger partial charge in [0.05, 0.1) is 31.4 Å². The van der Waals surface area contributed by atoms with Crippen molar-refractivity contribution in [3.63, 3.8) is 0 Å². The summed E-state index contributed by atoms with van der Waals surface area (Å²) in [5.41, 5.74) is 3.26. The normalized spacial score (nSPS) is 19.9. The molecule has 4 rings (SSSR count). The SMILES string of the molecule is CCOc1ccc(C(O)=C2C(=O)C(=O)N(CCCN3CCOCC3)[C@H]2c2ccc(N(C)C)cc2)cc1C. The lowest BCUT2D eigenvalue weighted by Gasteiger charge is -2.29. The van der Waals surface area contributed by atoms with Crippen LogP contribution in [0.25, 0.3) is 5.76 Å². The molecule has 1 N–H and O–H groups in total. The van der Waals surface area contributed by atoms with Crippen molar-refractivity contribution >= 4 is 23.1 Å². The van der Waals surface area contributed by atoms with Gasteiger partial charge in [-0.15, -0.1) is 0 Å². The maximum absolute atomic E-state index is 13.3. The Morgan fingerprint density at radius 3 is 2.41 bits per heavy atom. The fraction of sp³-hybridized carbons (Fsp3) is 0.448. The van der Waals surface area contributed by atoms with E-state index in [9.17, 15) is 14.7 Å². The molecule has 0 aliphatic carbocycles. The molecule has 37 heavy (non-hydrogen) atoms. The smallest absolute Gasteiger partial charge is 0.295 e. The van der Waals surface area contributed by atoms with Crippen molar-refractivity contribution in [1.29, 1.82) is 0 Å². The van der Waals surface area contributed by atoms with Crippen LogP contribution in [0, 0.1) is 6.92 Å². The third-order valence-corrected chi connectivity index (χ3v) is 6.99. The lowest BCUT2D eigenvalue weighted by molar-refractivity contribution is -0.140. The number of morpholine rings is 1. The second kappa shape index (κ2) is 11.8. The summed E-state index contributed by atoms with van der Waals surface area (Å²) in [6.45, 7) is 8.73. The minimum Gasteiger partial charge on any atom is -0.507 e. The number of Topliss-reactive ketones (excluding diaryl/α,β-unsaturated/α-hetero) is 1. The number of rotatable bonds is 9. The predicted molar refractivity (Wildman–Crippen MR) is 144 cm³/mol. The maximum atomic E-state index is 13.3. The van der Waals surface area contributed by atoms with Gasteiger partial charge in [0.25, 0.3) is 11.7 Å². The summed E-state index contributed by atoms with van der Waals surface area (Å²) in [6.07, 6.45) is 0.724. The molecule has 0 spiro atoms. The number of amides is 1. The van der Waals surface area contributed by atoms with Gasteiger partial charge in [0, 0.05) is 51.5 Å². The van der Waals surface area contributed by atoms with E-state index in [2.05, 4.69) is 4.90 Å². The van der Waals surface area contributed by atoms with Crippen molar-refractivity contribution in [1.82, 2.24) is 9.80 Å². The van der Waals surface area contributed by atoms with Gasteiger partial charge >= 0.3 is 0 Å². The highest BCUT2D eigenvalue weighted by Gasteiger charge is 2.45. The molecule has 2 saturated heterocycles. The van der Waals surface area contributed by atoms with E-state index in [-0.39, 0.29) is 11.3 Å². The number of ether oxygens (including phenoxy) is 2. The number of aliphatic hydroxyl groups excluding tert-OH is 1. The summed E-state index contributed by atoms with van der Waals surface area (Å²) in [5, 5.41) is 11.4. The lowest BCUT2D eigenvalue weighted by atomic mass is 9.94. The Morgan fingerprint density at radius 1 is 1.08 bits per heavy atom. The van der Waals surface area contributed by atoms with Gasteiger partial charge < -0.3 is 24.4 Å². The average molecular weight is 508 g/mol. The molecule has 2 aliphatic heterocycles. The Labute approximate surface area is 219 Å². The van der Waals surface area contributed by atoms with Crippen LogP contribution < -0.4 is 9.64 Å². The number of benzene rings is 2.